The summed E-state index contributed by atoms with van der Waals surface area (Å²) in [6.45, 7) is 4.45. The summed E-state index contributed by atoms with van der Waals surface area (Å²) in [6.07, 6.45) is 25.8. The van der Waals surface area contributed by atoms with Crippen LogP contribution in [-0.4, -0.2) is 41.5 Å². The number of methoxy groups -OCH3 is 2. The standard InChI is InChI=1S/C36H60O7/c1-5-7-9-11-13-15-17-19-21-23-25-28-30(27-31(35(38)39)36(40)41)29(34(43-4)32(37)33(28)42-3)26-24-22-20-18-16-14-12-10-8-6-2/h27,37H,5-26H2,1-4H3,(H,38,39)(H,40,41). The normalized spacial score (nSPS) is 11.0. The molecule has 0 atom stereocenters. The van der Waals surface area contributed by atoms with Crippen molar-refractivity contribution in [1.82, 2.24) is 0 Å². The second-order valence-corrected chi connectivity index (χ2v) is 11.8. The Morgan fingerprint density at radius 3 is 1.14 bits per heavy atom. The molecule has 3 N–H and O–H groups in total. The van der Waals surface area contributed by atoms with Gasteiger partial charge in [0.15, 0.2) is 11.5 Å². The maximum absolute atomic E-state index is 11.9. The summed E-state index contributed by atoms with van der Waals surface area (Å²) in [5.74, 6) is -2.68. The lowest BCUT2D eigenvalue weighted by atomic mass is 9.89. The molecule has 246 valence electrons. The fourth-order valence-electron chi connectivity index (χ4n) is 5.86. The molecule has 0 aliphatic rings. The number of hydrogen-bond acceptors (Lipinski definition) is 5. The van der Waals surface area contributed by atoms with Gasteiger partial charge in [0.2, 0.25) is 5.75 Å². The minimum Gasteiger partial charge on any atom is -0.502 e. The largest absolute Gasteiger partial charge is 0.502 e. The zero-order valence-corrected chi connectivity index (χ0v) is 27.6. The van der Waals surface area contributed by atoms with Crippen molar-refractivity contribution < 1.29 is 34.4 Å². The first kappa shape index (κ1) is 38.3. The molecule has 0 aliphatic heterocycles. The van der Waals surface area contributed by atoms with E-state index in [2.05, 4.69) is 13.8 Å². The molecule has 0 aromatic heterocycles. The van der Waals surface area contributed by atoms with Crippen molar-refractivity contribution >= 4 is 18.0 Å². The molecular weight excluding hydrogens is 544 g/mol. The highest BCUT2D eigenvalue weighted by atomic mass is 16.5. The first-order valence-electron chi connectivity index (χ1n) is 17.0. The average molecular weight is 605 g/mol. The van der Waals surface area contributed by atoms with E-state index in [1.54, 1.807) is 0 Å². The highest BCUT2D eigenvalue weighted by molar-refractivity contribution is 6.16. The maximum atomic E-state index is 11.9. The quantitative estimate of drug-likeness (QED) is 0.0396. The molecule has 1 aromatic rings. The molecule has 0 bridgehead atoms. The van der Waals surface area contributed by atoms with E-state index in [0.29, 0.717) is 29.5 Å². The van der Waals surface area contributed by atoms with E-state index in [9.17, 15) is 24.9 Å². The molecule has 7 heteroatoms. The number of rotatable bonds is 27. The molecule has 0 spiro atoms. The highest BCUT2D eigenvalue weighted by Crippen LogP contribution is 2.46. The van der Waals surface area contributed by atoms with Crippen LogP contribution in [0.15, 0.2) is 5.57 Å². The Kier molecular flexibility index (Phi) is 21.1. The molecule has 1 rings (SSSR count). The van der Waals surface area contributed by atoms with Gasteiger partial charge in [0.1, 0.15) is 5.57 Å². The zero-order chi connectivity index (χ0) is 31.9. The molecule has 0 fully saturated rings. The van der Waals surface area contributed by atoms with Gasteiger partial charge in [-0.05, 0) is 37.3 Å². The van der Waals surface area contributed by atoms with E-state index in [-0.39, 0.29) is 17.2 Å². The SMILES string of the molecule is CCCCCCCCCCCCc1c(C=C(C(=O)O)C(=O)O)c(CCCCCCCCCCCC)c(OC)c(O)c1OC. The summed E-state index contributed by atoms with van der Waals surface area (Å²) < 4.78 is 11.2. The summed E-state index contributed by atoms with van der Waals surface area (Å²) in [4.78, 5) is 23.7. The van der Waals surface area contributed by atoms with Gasteiger partial charge < -0.3 is 24.8 Å². The Labute approximate surface area is 261 Å². The third-order valence-corrected chi connectivity index (χ3v) is 8.35. The first-order valence-corrected chi connectivity index (χ1v) is 17.0. The lowest BCUT2D eigenvalue weighted by Gasteiger charge is -2.22. The Hall–Kier alpha value is -2.70. The number of aliphatic carboxylic acids is 2. The van der Waals surface area contributed by atoms with Crippen molar-refractivity contribution in [2.24, 2.45) is 0 Å². The van der Waals surface area contributed by atoms with Crippen LogP contribution in [0.4, 0.5) is 0 Å². The van der Waals surface area contributed by atoms with Crippen LogP contribution >= 0.6 is 0 Å². The average Bonchev–Trinajstić information content (AvgIpc) is 2.98. The van der Waals surface area contributed by atoms with Gasteiger partial charge in [-0.2, -0.15) is 0 Å². The van der Waals surface area contributed by atoms with Crippen LogP contribution in [0.1, 0.15) is 159 Å². The number of phenols is 1. The number of benzene rings is 1. The topological polar surface area (TPSA) is 113 Å². The number of carboxylic acid groups (broad SMARTS) is 2. The molecule has 1 aromatic carbocycles. The van der Waals surface area contributed by atoms with Gasteiger partial charge in [-0.25, -0.2) is 9.59 Å². The lowest BCUT2D eigenvalue weighted by molar-refractivity contribution is -0.140. The van der Waals surface area contributed by atoms with E-state index in [0.717, 1.165) is 38.5 Å². The third kappa shape index (κ3) is 14.6. The van der Waals surface area contributed by atoms with Crippen molar-refractivity contribution in [1.29, 1.82) is 0 Å². The number of carboxylic acids is 2. The Morgan fingerprint density at radius 1 is 0.558 bits per heavy atom. The molecule has 0 saturated carbocycles. The van der Waals surface area contributed by atoms with Crippen LogP contribution in [0.5, 0.6) is 17.2 Å². The number of phenolic OH excluding ortho intramolecular Hbond substituents is 1. The number of unbranched alkanes of at least 4 members (excludes halogenated alkanes) is 18. The fraction of sp³-hybridized carbons (Fsp3) is 0.722. The van der Waals surface area contributed by atoms with Gasteiger partial charge in [-0.3, -0.25) is 0 Å². The van der Waals surface area contributed by atoms with Crippen LogP contribution in [0, 0.1) is 0 Å². The molecule has 0 saturated heterocycles. The van der Waals surface area contributed by atoms with Crippen LogP contribution in [-0.2, 0) is 22.4 Å². The molecule has 0 radical (unpaired) electrons. The third-order valence-electron chi connectivity index (χ3n) is 8.35. The molecule has 0 aliphatic carbocycles. The number of hydrogen-bond donors (Lipinski definition) is 3. The van der Waals surface area contributed by atoms with Crippen LogP contribution in [0.3, 0.4) is 0 Å². The summed E-state index contributed by atoms with van der Waals surface area (Å²) >= 11 is 0. The Bertz CT molecular complexity index is 898. The molecule has 0 amide bonds. The van der Waals surface area contributed by atoms with Gasteiger partial charge in [0.25, 0.3) is 0 Å². The molecule has 7 nitrogen and oxygen atoms in total. The maximum Gasteiger partial charge on any atom is 0.343 e. The highest BCUT2D eigenvalue weighted by Gasteiger charge is 2.26. The fourth-order valence-corrected chi connectivity index (χ4v) is 5.86. The van der Waals surface area contributed by atoms with Crippen molar-refractivity contribution in [3.8, 4) is 17.2 Å². The van der Waals surface area contributed by atoms with Gasteiger partial charge in [0, 0.05) is 11.1 Å². The predicted molar refractivity (Wildman–Crippen MR) is 176 cm³/mol. The minimum absolute atomic E-state index is 0.112. The van der Waals surface area contributed by atoms with Gasteiger partial charge in [0.05, 0.1) is 14.2 Å². The van der Waals surface area contributed by atoms with Crippen molar-refractivity contribution in [2.45, 2.75) is 155 Å². The minimum atomic E-state index is -1.51. The molecule has 43 heavy (non-hydrogen) atoms. The van der Waals surface area contributed by atoms with Gasteiger partial charge in [-0.15, -0.1) is 0 Å². The molecular formula is C36H60O7. The Balaban J connectivity index is 3.09. The van der Waals surface area contributed by atoms with E-state index < -0.39 is 17.5 Å². The first-order chi connectivity index (χ1) is 20.8. The second-order valence-electron chi connectivity index (χ2n) is 11.8. The van der Waals surface area contributed by atoms with Crippen LogP contribution < -0.4 is 9.47 Å². The Morgan fingerprint density at radius 2 is 0.860 bits per heavy atom. The number of ether oxygens (including phenoxy) is 2. The predicted octanol–water partition coefficient (Wildman–Crippen LogP) is 9.89. The van der Waals surface area contributed by atoms with Crippen molar-refractivity contribution in [2.75, 3.05) is 14.2 Å². The second kappa shape index (κ2) is 23.7. The van der Waals surface area contributed by atoms with Gasteiger partial charge >= 0.3 is 11.9 Å². The molecule has 0 unspecified atom stereocenters. The zero-order valence-electron chi connectivity index (χ0n) is 27.6. The van der Waals surface area contributed by atoms with E-state index in [4.69, 9.17) is 9.47 Å². The summed E-state index contributed by atoms with van der Waals surface area (Å²) in [5, 5.41) is 30.5. The number of aromatic hydroxyl groups is 1. The molecule has 0 heterocycles. The van der Waals surface area contributed by atoms with Crippen LogP contribution in [0.25, 0.3) is 6.08 Å². The van der Waals surface area contributed by atoms with Crippen molar-refractivity contribution in [3.05, 3.63) is 22.3 Å². The monoisotopic (exact) mass is 604 g/mol. The van der Waals surface area contributed by atoms with E-state index in [1.807, 2.05) is 0 Å². The summed E-state index contributed by atoms with van der Waals surface area (Å²) in [5.41, 5.74) is 1.05. The van der Waals surface area contributed by atoms with E-state index in [1.165, 1.54) is 110 Å². The van der Waals surface area contributed by atoms with Gasteiger partial charge in [-0.1, -0.05) is 129 Å². The van der Waals surface area contributed by atoms with E-state index >= 15 is 0 Å². The summed E-state index contributed by atoms with van der Waals surface area (Å²) in [6, 6.07) is 0. The van der Waals surface area contributed by atoms with Crippen molar-refractivity contribution in [3.63, 3.8) is 0 Å². The lowest BCUT2D eigenvalue weighted by Crippen LogP contribution is -2.12. The number of carbonyl (C=O) groups is 2. The smallest absolute Gasteiger partial charge is 0.343 e. The summed E-state index contributed by atoms with van der Waals surface area (Å²) in [7, 11) is 2.92. The van der Waals surface area contributed by atoms with Crippen LogP contribution in [0.2, 0.25) is 0 Å².